The molecule has 3 rings (SSSR count). The van der Waals surface area contributed by atoms with E-state index in [4.69, 9.17) is 10.5 Å². The minimum atomic E-state index is -0.637. The van der Waals surface area contributed by atoms with Crippen LogP contribution in [0.3, 0.4) is 0 Å². The van der Waals surface area contributed by atoms with E-state index in [0.29, 0.717) is 17.7 Å². The number of rotatable bonds is 5. The van der Waals surface area contributed by atoms with Gasteiger partial charge in [0, 0.05) is 22.8 Å². The highest BCUT2D eigenvalue weighted by molar-refractivity contribution is 9.10. The number of aryl methyl sites for hydroxylation is 1. The fourth-order valence-electron chi connectivity index (χ4n) is 3.45. The van der Waals surface area contributed by atoms with Crippen molar-refractivity contribution in [1.82, 2.24) is 4.57 Å². The monoisotopic (exact) mass is 429 g/mol. The Kier molecular flexibility index (Phi) is 5.68. The molecular formula is C20H20BrN3O3. The molecule has 7 heteroatoms. The van der Waals surface area contributed by atoms with Gasteiger partial charge < -0.3 is 20.1 Å². The summed E-state index contributed by atoms with van der Waals surface area (Å²) in [5.41, 5.74) is 7.85. The first-order valence-corrected chi connectivity index (χ1v) is 9.52. The van der Waals surface area contributed by atoms with Gasteiger partial charge in [0.05, 0.1) is 18.1 Å². The minimum absolute atomic E-state index is 0.00695. The number of halogens is 1. The lowest BCUT2D eigenvalue weighted by Gasteiger charge is -2.28. The van der Waals surface area contributed by atoms with E-state index in [-0.39, 0.29) is 30.2 Å². The first kappa shape index (κ1) is 19.2. The predicted octanol–water partition coefficient (Wildman–Crippen LogP) is 2.77. The Morgan fingerprint density at radius 1 is 1.41 bits per heavy atom. The van der Waals surface area contributed by atoms with Crippen LogP contribution in [0.25, 0.3) is 0 Å². The second-order valence-electron chi connectivity index (χ2n) is 6.29. The van der Waals surface area contributed by atoms with Gasteiger partial charge in [-0.05, 0) is 18.1 Å². The van der Waals surface area contributed by atoms with Crippen molar-refractivity contribution in [2.24, 2.45) is 5.73 Å². The summed E-state index contributed by atoms with van der Waals surface area (Å²) < 4.78 is 8.01. The van der Waals surface area contributed by atoms with Gasteiger partial charge >= 0.3 is 0 Å². The number of nitrogens with zero attached hydrogens (tertiary/aromatic N) is 2. The van der Waals surface area contributed by atoms with Crippen LogP contribution >= 0.6 is 15.9 Å². The number of pyridine rings is 1. The van der Waals surface area contributed by atoms with Gasteiger partial charge in [0.1, 0.15) is 17.4 Å². The van der Waals surface area contributed by atoms with Crippen molar-refractivity contribution in [3.05, 3.63) is 73.4 Å². The molecule has 0 amide bonds. The fourth-order valence-corrected chi connectivity index (χ4v) is 3.96. The Morgan fingerprint density at radius 3 is 2.78 bits per heavy atom. The third-order valence-corrected chi connectivity index (χ3v) is 5.34. The van der Waals surface area contributed by atoms with E-state index in [9.17, 15) is 15.2 Å². The highest BCUT2D eigenvalue weighted by Gasteiger charge is 2.35. The lowest BCUT2D eigenvalue weighted by Crippen LogP contribution is -2.34. The molecule has 140 valence electrons. The normalized spacial score (nSPS) is 15.9. The predicted molar refractivity (Wildman–Crippen MR) is 105 cm³/mol. The summed E-state index contributed by atoms with van der Waals surface area (Å²) in [5.74, 6) is -0.259. The van der Waals surface area contributed by atoms with E-state index in [1.807, 2.05) is 31.2 Å². The number of nitriles is 1. The van der Waals surface area contributed by atoms with Crippen LogP contribution in [0.4, 0.5) is 0 Å². The Balaban J connectivity index is 2.34. The highest BCUT2D eigenvalue weighted by atomic mass is 79.9. The Morgan fingerprint density at radius 2 is 2.15 bits per heavy atom. The largest absolute Gasteiger partial charge is 0.440 e. The highest BCUT2D eigenvalue weighted by Crippen LogP contribution is 2.42. The molecule has 0 saturated carbocycles. The first-order chi connectivity index (χ1) is 13.0. The van der Waals surface area contributed by atoms with E-state index in [0.717, 1.165) is 22.2 Å². The van der Waals surface area contributed by atoms with Crippen molar-refractivity contribution in [3.63, 3.8) is 0 Å². The van der Waals surface area contributed by atoms with E-state index in [1.54, 1.807) is 10.6 Å². The van der Waals surface area contributed by atoms with Crippen LogP contribution in [-0.2, 0) is 13.0 Å². The maximum absolute atomic E-state index is 13.3. The van der Waals surface area contributed by atoms with Crippen molar-refractivity contribution in [3.8, 4) is 11.8 Å². The second-order valence-corrected chi connectivity index (χ2v) is 7.14. The van der Waals surface area contributed by atoms with E-state index >= 15 is 0 Å². The molecule has 1 aromatic heterocycles. The van der Waals surface area contributed by atoms with Gasteiger partial charge in [-0.3, -0.25) is 4.79 Å². The molecule has 1 aliphatic heterocycles. The summed E-state index contributed by atoms with van der Waals surface area (Å²) in [7, 11) is 0. The minimum Gasteiger partial charge on any atom is -0.440 e. The molecule has 27 heavy (non-hydrogen) atoms. The van der Waals surface area contributed by atoms with Crippen LogP contribution in [0.5, 0.6) is 5.75 Å². The summed E-state index contributed by atoms with van der Waals surface area (Å²) in [6, 6.07) is 11.3. The third-order valence-electron chi connectivity index (χ3n) is 4.61. The average molecular weight is 430 g/mol. The summed E-state index contributed by atoms with van der Waals surface area (Å²) >= 11 is 3.51. The average Bonchev–Trinajstić information content (AvgIpc) is 2.64. The summed E-state index contributed by atoms with van der Waals surface area (Å²) in [6.07, 6.45) is 1.51. The number of hydrogen-bond acceptors (Lipinski definition) is 5. The zero-order chi connectivity index (χ0) is 19.6. The number of ether oxygens (including phenoxy) is 1. The summed E-state index contributed by atoms with van der Waals surface area (Å²) in [4.78, 5) is 13.3. The molecule has 1 aliphatic rings. The van der Waals surface area contributed by atoms with E-state index < -0.39 is 5.92 Å². The van der Waals surface area contributed by atoms with Gasteiger partial charge in [-0.15, -0.1) is 0 Å². The van der Waals surface area contributed by atoms with Crippen LogP contribution in [0.1, 0.15) is 36.1 Å². The standard InChI is InChI=1S/C20H20BrN3O3/c1-2-5-12-10-16-18(20(26)24(12)8-9-25)17(14(11-22)19(23)27-16)13-6-3-4-7-15(13)21/h3-4,6-7,10,17,25H,2,5,8-9,23H2,1H3. The number of nitrogens with two attached hydrogens (primary N) is 1. The van der Waals surface area contributed by atoms with Crippen molar-refractivity contribution < 1.29 is 9.84 Å². The fraction of sp³-hybridized carbons (Fsp3) is 0.300. The number of aromatic nitrogens is 1. The molecule has 1 aromatic carbocycles. The van der Waals surface area contributed by atoms with Crippen LogP contribution < -0.4 is 16.0 Å². The molecule has 1 unspecified atom stereocenters. The Labute approximate surface area is 165 Å². The van der Waals surface area contributed by atoms with Crippen LogP contribution in [0.15, 0.2) is 51.1 Å². The van der Waals surface area contributed by atoms with Crippen molar-refractivity contribution >= 4 is 15.9 Å². The lowest BCUT2D eigenvalue weighted by atomic mass is 9.84. The second kappa shape index (κ2) is 7.99. The number of benzene rings is 1. The van der Waals surface area contributed by atoms with E-state index in [1.165, 1.54) is 0 Å². The SMILES string of the molecule is CCCc1cc2c(c(=O)n1CCO)C(c1ccccc1Br)C(C#N)=C(N)O2. The van der Waals surface area contributed by atoms with E-state index in [2.05, 4.69) is 22.0 Å². The zero-order valence-corrected chi connectivity index (χ0v) is 16.5. The Bertz CT molecular complexity index is 1000. The molecule has 0 aliphatic carbocycles. The number of aliphatic hydroxyl groups is 1. The van der Waals surface area contributed by atoms with Crippen LogP contribution in [0, 0.1) is 11.3 Å². The van der Waals surface area contributed by atoms with Crippen molar-refractivity contribution in [2.75, 3.05) is 6.61 Å². The number of aliphatic hydroxyl groups excluding tert-OH is 1. The summed E-state index contributed by atoms with van der Waals surface area (Å²) in [6.45, 7) is 2.05. The van der Waals surface area contributed by atoms with Crippen LogP contribution in [-0.4, -0.2) is 16.3 Å². The molecule has 1 atom stereocenters. The van der Waals surface area contributed by atoms with Gasteiger partial charge in [0.25, 0.3) is 5.56 Å². The van der Waals surface area contributed by atoms with Gasteiger partial charge in [-0.1, -0.05) is 47.5 Å². The quantitative estimate of drug-likeness (QED) is 0.760. The molecule has 2 aromatic rings. The van der Waals surface area contributed by atoms with Crippen LogP contribution in [0.2, 0.25) is 0 Å². The van der Waals surface area contributed by atoms with Crippen molar-refractivity contribution in [1.29, 1.82) is 5.26 Å². The molecule has 0 radical (unpaired) electrons. The topological polar surface area (TPSA) is 101 Å². The smallest absolute Gasteiger partial charge is 0.258 e. The maximum Gasteiger partial charge on any atom is 0.258 e. The number of hydrogen-bond donors (Lipinski definition) is 2. The molecular weight excluding hydrogens is 410 g/mol. The summed E-state index contributed by atoms with van der Waals surface area (Å²) in [5, 5.41) is 19.1. The van der Waals surface area contributed by atoms with Gasteiger partial charge in [0.15, 0.2) is 0 Å². The molecule has 2 heterocycles. The maximum atomic E-state index is 13.3. The number of fused-ring (bicyclic) bond motifs is 1. The van der Waals surface area contributed by atoms with Gasteiger partial charge in [0.2, 0.25) is 5.88 Å². The molecule has 0 fully saturated rings. The van der Waals surface area contributed by atoms with Gasteiger partial charge in [-0.2, -0.15) is 5.26 Å². The lowest BCUT2D eigenvalue weighted by molar-refractivity contribution is 0.271. The molecule has 3 N–H and O–H groups in total. The van der Waals surface area contributed by atoms with Gasteiger partial charge in [-0.25, -0.2) is 0 Å². The number of allylic oxidation sites excluding steroid dienone is 1. The Hall–Kier alpha value is -2.56. The zero-order valence-electron chi connectivity index (χ0n) is 14.9. The van der Waals surface area contributed by atoms with Crippen molar-refractivity contribution in [2.45, 2.75) is 32.2 Å². The molecule has 0 bridgehead atoms. The molecule has 0 spiro atoms. The third kappa shape index (κ3) is 3.38. The first-order valence-electron chi connectivity index (χ1n) is 8.72. The molecule has 0 saturated heterocycles. The molecule has 6 nitrogen and oxygen atoms in total.